The number of nitrogens with zero attached hydrogens (tertiary/aromatic N) is 2. The van der Waals surface area contributed by atoms with Crippen molar-refractivity contribution in [2.24, 2.45) is 0 Å². The van der Waals surface area contributed by atoms with Crippen molar-refractivity contribution in [1.29, 1.82) is 0 Å². The molecule has 4 nitrogen and oxygen atoms in total. The highest BCUT2D eigenvalue weighted by atomic mass is 79.9. The standard InChI is InChI=1S/C15H9BrClN3O/c16-9-5-6-11(10(17)7-9)20-15(21)14-8-18-12-3-1-2-4-13(12)19-14/h1-8H,(H,20,21). The van der Waals surface area contributed by atoms with Gasteiger partial charge in [0.05, 0.1) is 27.9 Å². The lowest BCUT2D eigenvalue weighted by Gasteiger charge is -2.07. The van der Waals surface area contributed by atoms with Crippen LogP contribution in [-0.2, 0) is 0 Å². The van der Waals surface area contributed by atoms with Crippen LogP contribution in [0.3, 0.4) is 0 Å². The summed E-state index contributed by atoms with van der Waals surface area (Å²) in [7, 11) is 0. The van der Waals surface area contributed by atoms with Crippen molar-refractivity contribution in [3.63, 3.8) is 0 Å². The third kappa shape index (κ3) is 3.04. The van der Waals surface area contributed by atoms with E-state index in [0.717, 1.165) is 9.99 Å². The van der Waals surface area contributed by atoms with E-state index < -0.39 is 0 Å². The van der Waals surface area contributed by atoms with Crippen LogP contribution in [0, 0.1) is 0 Å². The Bertz CT molecular complexity index is 838. The van der Waals surface area contributed by atoms with Gasteiger partial charge in [-0.1, -0.05) is 39.7 Å². The Morgan fingerprint density at radius 1 is 1.14 bits per heavy atom. The van der Waals surface area contributed by atoms with Crippen molar-refractivity contribution in [3.05, 3.63) is 63.9 Å². The van der Waals surface area contributed by atoms with Crippen LogP contribution >= 0.6 is 27.5 Å². The van der Waals surface area contributed by atoms with Crippen LogP contribution in [0.15, 0.2) is 53.1 Å². The zero-order valence-corrected chi connectivity index (χ0v) is 13.0. The number of para-hydroxylation sites is 2. The summed E-state index contributed by atoms with van der Waals surface area (Å²) in [5, 5.41) is 3.17. The van der Waals surface area contributed by atoms with Gasteiger partial charge in [-0.25, -0.2) is 4.98 Å². The first-order valence-corrected chi connectivity index (χ1v) is 7.29. The molecule has 3 aromatic rings. The summed E-state index contributed by atoms with van der Waals surface area (Å²) in [6, 6.07) is 12.6. The van der Waals surface area contributed by atoms with Gasteiger partial charge in [-0.05, 0) is 30.3 Å². The van der Waals surface area contributed by atoms with Crippen LogP contribution in [0.4, 0.5) is 5.69 Å². The summed E-state index contributed by atoms with van der Waals surface area (Å²) < 4.78 is 0.844. The molecule has 104 valence electrons. The quantitative estimate of drug-likeness (QED) is 0.739. The van der Waals surface area contributed by atoms with E-state index >= 15 is 0 Å². The molecule has 1 aromatic heterocycles. The summed E-state index contributed by atoms with van der Waals surface area (Å²) in [6.07, 6.45) is 1.45. The van der Waals surface area contributed by atoms with Crippen LogP contribution in [0.1, 0.15) is 10.5 Å². The minimum Gasteiger partial charge on any atom is -0.319 e. The number of hydrogen-bond donors (Lipinski definition) is 1. The predicted octanol–water partition coefficient (Wildman–Crippen LogP) is 4.30. The van der Waals surface area contributed by atoms with E-state index in [0.29, 0.717) is 16.2 Å². The molecule has 0 radical (unpaired) electrons. The summed E-state index contributed by atoms with van der Waals surface area (Å²) in [5.41, 5.74) is 2.19. The maximum absolute atomic E-state index is 12.2. The average molecular weight is 363 g/mol. The van der Waals surface area contributed by atoms with Crippen LogP contribution in [0.5, 0.6) is 0 Å². The van der Waals surface area contributed by atoms with E-state index in [1.54, 1.807) is 18.2 Å². The molecule has 0 spiro atoms. The normalized spacial score (nSPS) is 10.6. The van der Waals surface area contributed by atoms with Gasteiger partial charge in [0.2, 0.25) is 0 Å². The molecule has 2 aromatic carbocycles. The zero-order chi connectivity index (χ0) is 14.8. The van der Waals surface area contributed by atoms with E-state index in [2.05, 4.69) is 31.2 Å². The largest absolute Gasteiger partial charge is 0.319 e. The van der Waals surface area contributed by atoms with Gasteiger partial charge in [0.15, 0.2) is 0 Å². The first-order chi connectivity index (χ1) is 10.1. The summed E-state index contributed by atoms with van der Waals surface area (Å²) in [6.45, 7) is 0. The fourth-order valence-electron chi connectivity index (χ4n) is 1.84. The molecule has 0 unspecified atom stereocenters. The second-order valence-electron chi connectivity index (χ2n) is 4.32. The number of halogens is 2. The summed E-state index contributed by atoms with van der Waals surface area (Å²) >= 11 is 9.39. The lowest BCUT2D eigenvalue weighted by Crippen LogP contribution is -2.14. The van der Waals surface area contributed by atoms with E-state index in [1.165, 1.54) is 6.20 Å². The van der Waals surface area contributed by atoms with Crippen molar-refractivity contribution < 1.29 is 4.79 Å². The Hall–Kier alpha value is -1.98. The third-order valence-corrected chi connectivity index (χ3v) is 3.67. The molecule has 3 rings (SSSR count). The molecule has 0 saturated carbocycles. The van der Waals surface area contributed by atoms with Crippen molar-refractivity contribution >= 4 is 50.2 Å². The molecular weight excluding hydrogens is 354 g/mol. The molecule has 0 saturated heterocycles. The number of hydrogen-bond acceptors (Lipinski definition) is 3. The van der Waals surface area contributed by atoms with Crippen LogP contribution in [-0.4, -0.2) is 15.9 Å². The van der Waals surface area contributed by atoms with Crippen molar-refractivity contribution in [2.45, 2.75) is 0 Å². The molecule has 0 fully saturated rings. The number of rotatable bonds is 2. The lowest BCUT2D eigenvalue weighted by molar-refractivity contribution is 0.102. The number of carbonyl (C=O) groups excluding carboxylic acids is 1. The maximum Gasteiger partial charge on any atom is 0.275 e. The van der Waals surface area contributed by atoms with Crippen molar-refractivity contribution in [1.82, 2.24) is 9.97 Å². The number of fused-ring (bicyclic) bond motifs is 1. The number of benzene rings is 2. The van der Waals surface area contributed by atoms with Gasteiger partial charge in [0.25, 0.3) is 5.91 Å². The van der Waals surface area contributed by atoms with Gasteiger partial charge in [-0.3, -0.25) is 9.78 Å². The third-order valence-electron chi connectivity index (χ3n) is 2.86. The fraction of sp³-hybridized carbons (Fsp3) is 0. The fourth-order valence-corrected chi connectivity index (χ4v) is 2.56. The number of carbonyl (C=O) groups is 1. The zero-order valence-electron chi connectivity index (χ0n) is 10.7. The number of aromatic nitrogens is 2. The number of anilines is 1. The molecule has 0 atom stereocenters. The minimum absolute atomic E-state index is 0.243. The highest BCUT2D eigenvalue weighted by molar-refractivity contribution is 9.10. The maximum atomic E-state index is 12.2. The molecule has 0 aliphatic rings. The van der Waals surface area contributed by atoms with Gasteiger partial charge in [0, 0.05) is 4.47 Å². The van der Waals surface area contributed by atoms with Crippen LogP contribution < -0.4 is 5.32 Å². The second kappa shape index (κ2) is 5.79. The molecule has 1 heterocycles. The molecule has 21 heavy (non-hydrogen) atoms. The van der Waals surface area contributed by atoms with Crippen LogP contribution in [0.2, 0.25) is 5.02 Å². The van der Waals surface area contributed by atoms with E-state index in [-0.39, 0.29) is 11.6 Å². The molecule has 1 amide bonds. The smallest absolute Gasteiger partial charge is 0.275 e. The molecule has 0 bridgehead atoms. The van der Waals surface area contributed by atoms with E-state index in [4.69, 9.17) is 11.6 Å². The van der Waals surface area contributed by atoms with Gasteiger partial charge in [-0.15, -0.1) is 0 Å². The Balaban J connectivity index is 1.89. The first-order valence-electron chi connectivity index (χ1n) is 6.12. The van der Waals surface area contributed by atoms with Crippen molar-refractivity contribution in [3.8, 4) is 0 Å². The van der Waals surface area contributed by atoms with Gasteiger partial charge in [-0.2, -0.15) is 0 Å². The summed E-state index contributed by atoms with van der Waals surface area (Å²) in [4.78, 5) is 20.7. The minimum atomic E-state index is -0.350. The van der Waals surface area contributed by atoms with Gasteiger partial charge >= 0.3 is 0 Å². The SMILES string of the molecule is O=C(Nc1ccc(Br)cc1Cl)c1cnc2ccccc2n1. The Morgan fingerprint density at radius 3 is 2.67 bits per heavy atom. The van der Waals surface area contributed by atoms with E-state index in [9.17, 15) is 4.79 Å². The molecule has 0 aliphatic heterocycles. The molecular formula is C15H9BrClN3O. The second-order valence-corrected chi connectivity index (χ2v) is 5.65. The lowest BCUT2D eigenvalue weighted by atomic mass is 10.2. The number of amides is 1. The molecule has 6 heteroatoms. The average Bonchev–Trinajstić information content (AvgIpc) is 2.49. The predicted molar refractivity (Wildman–Crippen MR) is 86.6 cm³/mol. The molecule has 1 N–H and O–H groups in total. The Morgan fingerprint density at radius 2 is 1.90 bits per heavy atom. The van der Waals surface area contributed by atoms with Crippen molar-refractivity contribution in [2.75, 3.05) is 5.32 Å². The van der Waals surface area contributed by atoms with Gasteiger partial charge < -0.3 is 5.32 Å². The molecule has 0 aliphatic carbocycles. The Labute approximate surface area is 134 Å². The Kier molecular flexibility index (Phi) is 3.86. The monoisotopic (exact) mass is 361 g/mol. The first kappa shape index (κ1) is 14.0. The van der Waals surface area contributed by atoms with E-state index in [1.807, 2.05) is 24.3 Å². The van der Waals surface area contributed by atoms with Crippen LogP contribution in [0.25, 0.3) is 11.0 Å². The summed E-state index contributed by atoms with van der Waals surface area (Å²) in [5.74, 6) is -0.350. The number of nitrogens with one attached hydrogen (secondary N) is 1. The topological polar surface area (TPSA) is 54.9 Å². The van der Waals surface area contributed by atoms with Gasteiger partial charge in [0.1, 0.15) is 5.69 Å². The highest BCUT2D eigenvalue weighted by Gasteiger charge is 2.11. The highest BCUT2D eigenvalue weighted by Crippen LogP contribution is 2.26.